The summed E-state index contributed by atoms with van der Waals surface area (Å²) in [5.74, 6) is 1.46. The van der Waals surface area contributed by atoms with Crippen LogP contribution in [0.25, 0.3) is 0 Å². The fourth-order valence-corrected chi connectivity index (χ4v) is 2.00. The fourth-order valence-electron chi connectivity index (χ4n) is 1.87. The summed E-state index contributed by atoms with van der Waals surface area (Å²) in [6.45, 7) is 0. The van der Waals surface area contributed by atoms with Gasteiger partial charge in [-0.05, 0) is 66.2 Å². The van der Waals surface area contributed by atoms with Crippen LogP contribution in [0.3, 0.4) is 0 Å². The lowest BCUT2D eigenvalue weighted by Crippen LogP contribution is -1.90. The van der Waals surface area contributed by atoms with E-state index in [4.69, 9.17) is 16.3 Å². The quantitative estimate of drug-likeness (QED) is 0.532. The number of benzene rings is 2. The number of hydrazone groups is 1. The Morgan fingerprint density at radius 1 is 0.957 bits per heavy atom. The van der Waals surface area contributed by atoms with Gasteiger partial charge in [0.05, 0.1) is 18.1 Å². The second kappa shape index (κ2) is 7.42. The minimum Gasteiger partial charge on any atom is -0.456 e. The number of hydrogen-bond acceptors (Lipinski definition) is 4. The molecular formula is C18H14ClN3O. The zero-order chi connectivity index (χ0) is 15.9. The van der Waals surface area contributed by atoms with Crippen LogP contribution in [0.4, 0.5) is 5.69 Å². The molecule has 0 amide bonds. The molecule has 0 saturated heterocycles. The number of aromatic nitrogens is 1. The molecule has 0 fully saturated rings. The molecule has 0 radical (unpaired) electrons. The fraction of sp³-hybridized carbons (Fsp3) is 0. The van der Waals surface area contributed by atoms with Crippen LogP contribution in [0.1, 0.15) is 5.56 Å². The molecule has 0 saturated carbocycles. The first-order chi connectivity index (χ1) is 11.3. The van der Waals surface area contributed by atoms with Gasteiger partial charge in [0.1, 0.15) is 11.5 Å². The number of hydrogen-bond donors (Lipinski definition) is 1. The second-order valence-electron chi connectivity index (χ2n) is 4.74. The third-order valence-electron chi connectivity index (χ3n) is 3.00. The smallest absolute Gasteiger partial charge is 0.145 e. The highest BCUT2D eigenvalue weighted by atomic mass is 35.5. The molecule has 0 aliphatic rings. The number of halogens is 1. The highest BCUT2D eigenvalue weighted by Crippen LogP contribution is 2.20. The highest BCUT2D eigenvalue weighted by molar-refractivity contribution is 6.30. The van der Waals surface area contributed by atoms with Gasteiger partial charge >= 0.3 is 0 Å². The molecule has 1 N–H and O–H groups in total. The third kappa shape index (κ3) is 4.56. The Labute approximate surface area is 139 Å². The Morgan fingerprint density at radius 3 is 2.43 bits per heavy atom. The maximum Gasteiger partial charge on any atom is 0.145 e. The summed E-state index contributed by atoms with van der Waals surface area (Å²) in [6, 6.07) is 18.7. The summed E-state index contributed by atoms with van der Waals surface area (Å²) >= 11 is 5.83. The van der Waals surface area contributed by atoms with Crippen LogP contribution < -0.4 is 10.2 Å². The summed E-state index contributed by atoms with van der Waals surface area (Å²) in [7, 11) is 0. The molecule has 0 aliphatic carbocycles. The predicted octanol–water partition coefficient (Wildman–Crippen LogP) is 4.97. The summed E-state index contributed by atoms with van der Waals surface area (Å²) in [6.07, 6.45) is 5.12. The van der Waals surface area contributed by atoms with Crippen molar-refractivity contribution in [3.63, 3.8) is 0 Å². The Morgan fingerprint density at radius 2 is 1.74 bits per heavy atom. The van der Waals surface area contributed by atoms with Gasteiger partial charge in [-0.15, -0.1) is 0 Å². The highest BCUT2D eigenvalue weighted by Gasteiger charge is 1.97. The average molecular weight is 324 g/mol. The van der Waals surface area contributed by atoms with Gasteiger partial charge < -0.3 is 4.74 Å². The molecule has 5 heteroatoms. The summed E-state index contributed by atoms with van der Waals surface area (Å²) in [5.41, 5.74) is 4.79. The van der Waals surface area contributed by atoms with Crippen LogP contribution in [-0.2, 0) is 0 Å². The molecule has 3 aromatic rings. The molecule has 0 unspecified atom stereocenters. The van der Waals surface area contributed by atoms with Crippen molar-refractivity contribution >= 4 is 23.5 Å². The lowest BCUT2D eigenvalue weighted by atomic mass is 10.2. The maximum absolute atomic E-state index is 5.83. The van der Waals surface area contributed by atoms with Crippen LogP contribution in [0, 0.1) is 0 Å². The molecule has 0 spiro atoms. The summed E-state index contributed by atoms with van der Waals surface area (Å²) < 4.78 is 5.68. The van der Waals surface area contributed by atoms with Gasteiger partial charge in [-0.3, -0.25) is 10.4 Å². The molecular weight excluding hydrogens is 310 g/mol. The minimum absolute atomic E-state index is 0.698. The lowest BCUT2D eigenvalue weighted by Gasteiger charge is -2.04. The molecule has 1 heterocycles. The van der Waals surface area contributed by atoms with Crippen LogP contribution in [-0.4, -0.2) is 11.2 Å². The van der Waals surface area contributed by atoms with Gasteiger partial charge in [-0.2, -0.15) is 5.10 Å². The Hall–Kier alpha value is -2.85. The van der Waals surface area contributed by atoms with Crippen LogP contribution in [0.15, 0.2) is 78.2 Å². The summed E-state index contributed by atoms with van der Waals surface area (Å²) in [4.78, 5) is 4.01. The normalized spacial score (nSPS) is 10.7. The van der Waals surface area contributed by atoms with Crippen molar-refractivity contribution in [2.24, 2.45) is 5.10 Å². The topological polar surface area (TPSA) is 46.5 Å². The van der Waals surface area contributed by atoms with E-state index in [0.29, 0.717) is 10.8 Å². The Balaban J connectivity index is 1.58. The number of rotatable bonds is 5. The number of nitrogens with zero attached hydrogens (tertiary/aromatic N) is 2. The number of nitrogens with one attached hydrogen (secondary N) is 1. The van der Waals surface area contributed by atoms with Crippen LogP contribution in [0.5, 0.6) is 11.5 Å². The van der Waals surface area contributed by atoms with Gasteiger partial charge in [0.25, 0.3) is 0 Å². The first-order valence-corrected chi connectivity index (χ1v) is 7.40. The lowest BCUT2D eigenvalue weighted by molar-refractivity contribution is 0.480. The molecule has 114 valence electrons. The summed E-state index contributed by atoms with van der Waals surface area (Å²) in [5, 5.41) is 4.88. The van der Waals surface area contributed by atoms with Crippen molar-refractivity contribution in [1.29, 1.82) is 0 Å². The van der Waals surface area contributed by atoms with Crippen molar-refractivity contribution < 1.29 is 4.74 Å². The maximum atomic E-state index is 5.83. The molecule has 3 rings (SSSR count). The van der Waals surface area contributed by atoms with Gasteiger partial charge in [-0.1, -0.05) is 11.6 Å². The first kappa shape index (κ1) is 15.1. The van der Waals surface area contributed by atoms with Gasteiger partial charge in [0.15, 0.2) is 0 Å². The SMILES string of the molecule is Clc1ccc(N/N=C/c2ccc(Oc3cccnc3)cc2)cc1. The van der Waals surface area contributed by atoms with Crippen LogP contribution in [0.2, 0.25) is 5.02 Å². The van der Waals surface area contributed by atoms with Gasteiger partial charge in [-0.25, -0.2) is 0 Å². The zero-order valence-corrected chi connectivity index (χ0v) is 12.9. The van der Waals surface area contributed by atoms with E-state index in [1.807, 2.05) is 60.7 Å². The van der Waals surface area contributed by atoms with E-state index in [0.717, 1.165) is 17.0 Å². The van der Waals surface area contributed by atoms with Crippen LogP contribution >= 0.6 is 11.6 Å². The van der Waals surface area contributed by atoms with Gasteiger partial charge in [0, 0.05) is 11.2 Å². The largest absolute Gasteiger partial charge is 0.456 e. The standard InChI is InChI=1S/C18H14ClN3O/c19-15-5-7-16(8-6-15)22-21-12-14-3-9-17(10-4-14)23-18-2-1-11-20-13-18/h1-13,22H/b21-12+. The number of ether oxygens (including phenoxy) is 1. The molecule has 0 atom stereocenters. The van der Waals surface area contributed by atoms with Crippen molar-refractivity contribution in [1.82, 2.24) is 4.98 Å². The minimum atomic E-state index is 0.698. The monoisotopic (exact) mass is 323 g/mol. The van der Waals surface area contributed by atoms with Gasteiger partial charge in [0.2, 0.25) is 0 Å². The Bertz CT molecular complexity index is 772. The first-order valence-electron chi connectivity index (χ1n) is 7.02. The zero-order valence-electron chi connectivity index (χ0n) is 12.2. The van der Waals surface area contributed by atoms with E-state index < -0.39 is 0 Å². The van der Waals surface area contributed by atoms with Crippen molar-refractivity contribution in [3.05, 3.63) is 83.6 Å². The van der Waals surface area contributed by atoms with Crippen molar-refractivity contribution in [2.75, 3.05) is 5.43 Å². The average Bonchev–Trinajstić information content (AvgIpc) is 2.59. The molecule has 0 bridgehead atoms. The van der Waals surface area contributed by atoms with E-state index in [1.54, 1.807) is 18.6 Å². The number of pyridine rings is 1. The molecule has 0 aliphatic heterocycles. The van der Waals surface area contributed by atoms with E-state index in [-0.39, 0.29) is 0 Å². The van der Waals surface area contributed by atoms with E-state index in [9.17, 15) is 0 Å². The van der Waals surface area contributed by atoms with E-state index in [2.05, 4.69) is 15.5 Å². The molecule has 1 aromatic heterocycles. The van der Waals surface area contributed by atoms with E-state index >= 15 is 0 Å². The molecule has 23 heavy (non-hydrogen) atoms. The second-order valence-corrected chi connectivity index (χ2v) is 5.17. The third-order valence-corrected chi connectivity index (χ3v) is 3.25. The van der Waals surface area contributed by atoms with Crippen molar-refractivity contribution in [2.45, 2.75) is 0 Å². The number of anilines is 1. The molecule has 2 aromatic carbocycles. The molecule has 4 nitrogen and oxygen atoms in total. The van der Waals surface area contributed by atoms with E-state index in [1.165, 1.54) is 0 Å². The van der Waals surface area contributed by atoms with Crippen molar-refractivity contribution in [3.8, 4) is 11.5 Å². The Kier molecular flexibility index (Phi) is 4.86. The predicted molar refractivity (Wildman–Crippen MR) is 93.4 cm³/mol.